The van der Waals surface area contributed by atoms with E-state index >= 15 is 4.39 Å². The summed E-state index contributed by atoms with van der Waals surface area (Å²) in [7, 11) is 1.57. The molecular formula is C32H28F3N7O3. The van der Waals surface area contributed by atoms with Crippen LogP contribution >= 0.6 is 0 Å². The lowest BCUT2D eigenvalue weighted by atomic mass is 9.95. The molecule has 5 aromatic rings. The molecule has 0 spiro atoms. The zero-order chi connectivity index (χ0) is 31.3. The number of benzene rings is 2. The zero-order valence-corrected chi connectivity index (χ0v) is 24.3. The van der Waals surface area contributed by atoms with Crippen LogP contribution in [0.1, 0.15) is 24.8 Å². The largest absolute Gasteiger partial charge is 0.508 e. The zero-order valence-electron chi connectivity index (χ0n) is 24.3. The van der Waals surface area contributed by atoms with Gasteiger partial charge in [0, 0.05) is 37.2 Å². The van der Waals surface area contributed by atoms with Gasteiger partial charge in [-0.25, -0.2) is 17.9 Å². The van der Waals surface area contributed by atoms with Crippen LogP contribution in [0.3, 0.4) is 0 Å². The summed E-state index contributed by atoms with van der Waals surface area (Å²) >= 11 is 0. The fourth-order valence-corrected chi connectivity index (χ4v) is 6.59. The average Bonchev–Trinajstić information content (AvgIpc) is 3.73. The Kier molecular flexibility index (Phi) is 7.26. The van der Waals surface area contributed by atoms with Gasteiger partial charge in [0.2, 0.25) is 0 Å². The van der Waals surface area contributed by atoms with E-state index in [1.165, 1.54) is 30.5 Å². The van der Waals surface area contributed by atoms with E-state index < -0.39 is 23.3 Å². The van der Waals surface area contributed by atoms with Gasteiger partial charge in [-0.2, -0.15) is 9.97 Å². The summed E-state index contributed by atoms with van der Waals surface area (Å²) in [6, 6.07) is 5.20. The summed E-state index contributed by atoms with van der Waals surface area (Å²) in [4.78, 5) is 15.5. The number of methoxy groups -OCH3 is 1. The van der Waals surface area contributed by atoms with Crippen molar-refractivity contribution in [3.63, 3.8) is 0 Å². The molecule has 7 rings (SSSR count). The third-order valence-electron chi connectivity index (χ3n) is 8.65. The first-order chi connectivity index (χ1) is 21.8. The van der Waals surface area contributed by atoms with E-state index in [9.17, 15) is 13.9 Å². The highest BCUT2D eigenvalue weighted by Gasteiger charge is 2.49. The highest BCUT2D eigenvalue weighted by atomic mass is 19.1. The van der Waals surface area contributed by atoms with Crippen molar-refractivity contribution in [3.8, 4) is 46.7 Å². The predicted octanol–water partition coefficient (Wildman–Crippen LogP) is 4.67. The molecule has 45 heavy (non-hydrogen) atoms. The van der Waals surface area contributed by atoms with E-state index in [2.05, 4.69) is 36.1 Å². The number of aromatic hydroxyl groups is 1. The highest BCUT2D eigenvalue weighted by Crippen LogP contribution is 2.41. The molecule has 0 amide bonds. The van der Waals surface area contributed by atoms with Crippen LogP contribution in [-0.2, 0) is 11.3 Å². The molecule has 0 unspecified atom stereocenters. The van der Waals surface area contributed by atoms with E-state index in [-0.39, 0.29) is 57.2 Å². The maximum absolute atomic E-state index is 16.7. The molecule has 2 atom stereocenters. The summed E-state index contributed by atoms with van der Waals surface area (Å²) in [6.07, 6.45) is 9.74. The first kappa shape index (κ1) is 28.9. The number of alkyl halides is 1. The Labute approximate surface area is 255 Å². The van der Waals surface area contributed by atoms with Gasteiger partial charge in [0.05, 0.1) is 35.8 Å². The standard InChI is InChI=1S/C32H28F3N7O3/c1-3-21-24(34)6-5-18-11-20(43)12-22(26(18)21)29-27(35)30-23(14-36-29)28(25-16-42(40-39-25)9-10-44-2)37-31(38-30)45-17-32-7-4-8-41(32)15-19(33)13-32/h1,5-6,11-12,14,16,19,43H,4,7-10,13,15,17H2,2H3/t19-,32+/m1/s1. The van der Waals surface area contributed by atoms with E-state index in [1.54, 1.807) is 18.0 Å². The second kappa shape index (κ2) is 11.3. The minimum absolute atomic E-state index is 0.0884. The van der Waals surface area contributed by atoms with Crippen molar-refractivity contribution in [1.82, 2.24) is 34.8 Å². The van der Waals surface area contributed by atoms with Gasteiger partial charge in [-0.1, -0.05) is 17.2 Å². The van der Waals surface area contributed by atoms with Crippen LogP contribution in [0.2, 0.25) is 0 Å². The Morgan fingerprint density at radius 2 is 2.07 bits per heavy atom. The van der Waals surface area contributed by atoms with Gasteiger partial charge in [-0.05, 0) is 43.0 Å². The second-order valence-corrected chi connectivity index (χ2v) is 11.4. The van der Waals surface area contributed by atoms with Gasteiger partial charge >= 0.3 is 6.01 Å². The molecule has 0 radical (unpaired) electrons. The monoisotopic (exact) mass is 615 g/mol. The Bertz CT molecular complexity index is 2000. The topological polar surface area (TPSA) is 111 Å². The maximum atomic E-state index is 16.7. The van der Waals surface area contributed by atoms with Crippen molar-refractivity contribution in [3.05, 3.63) is 53.9 Å². The molecular weight excluding hydrogens is 587 g/mol. The van der Waals surface area contributed by atoms with Crippen LogP contribution in [0.4, 0.5) is 13.2 Å². The smallest absolute Gasteiger partial charge is 0.317 e. The lowest BCUT2D eigenvalue weighted by Gasteiger charge is -2.30. The molecule has 0 aliphatic carbocycles. The number of fused-ring (bicyclic) bond motifs is 3. The van der Waals surface area contributed by atoms with Crippen LogP contribution in [-0.4, -0.2) is 85.1 Å². The molecule has 2 saturated heterocycles. The van der Waals surface area contributed by atoms with Crippen molar-refractivity contribution in [1.29, 1.82) is 0 Å². The van der Waals surface area contributed by atoms with Crippen LogP contribution < -0.4 is 4.74 Å². The van der Waals surface area contributed by atoms with Crippen LogP contribution in [0, 0.1) is 24.0 Å². The van der Waals surface area contributed by atoms with Crippen LogP contribution in [0.25, 0.3) is 44.3 Å². The Morgan fingerprint density at radius 3 is 2.89 bits per heavy atom. The molecule has 2 aliphatic rings. The number of aromatic nitrogens is 6. The van der Waals surface area contributed by atoms with Crippen molar-refractivity contribution >= 4 is 21.7 Å². The minimum atomic E-state index is -0.954. The third kappa shape index (κ3) is 5.00. The number of halogens is 3. The number of terminal acetylenes is 1. The quantitative estimate of drug-likeness (QED) is 0.249. The van der Waals surface area contributed by atoms with E-state index in [0.29, 0.717) is 37.2 Å². The number of hydrogen-bond donors (Lipinski definition) is 1. The number of pyridine rings is 1. The molecule has 2 aromatic carbocycles. The molecule has 2 fully saturated rings. The molecule has 2 aliphatic heterocycles. The fourth-order valence-electron chi connectivity index (χ4n) is 6.59. The highest BCUT2D eigenvalue weighted by molar-refractivity contribution is 6.03. The van der Waals surface area contributed by atoms with Crippen molar-refractivity contribution in [2.75, 3.05) is 33.4 Å². The molecule has 0 bridgehead atoms. The molecule has 1 N–H and O–H groups in total. The van der Waals surface area contributed by atoms with Gasteiger partial charge in [0.1, 0.15) is 46.9 Å². The lowest BCUT2D eigenvalue weighted by Crippen LogP contribution is -2.43. The summed E-state index contributed by atoms with van der Waals surface area (Å²) in [5.41, 5.74) is -0.291. The molecule has 5 heterocycles. The number of rotatable bonds is 8. The first-order valence-electron chi connectivity index (χ1n) is 14.5. The van der Waals surface area contributed by atoms with E-state index in [1.807, 2.05) is 0 Å². The van der Waals surface area contributed by atoms with Gasteiger partial charge in [-0.15, -0.1) is 11.5 Å². The summed E-state index contributed by atoms with van der Waals surface area (Å²) in [5.74, 6) is 0.620. The summed E-state index contributed by atoms with van der Waals surface area (Å²) in [6.45, 7) is 2.07. The first-order valence-corrected chi connectivity index (χ1v) is 14.5. The fraction of sp³-hybridized carbons (Fsp3) is 0.344. The Balaban J connectivity index is 1.39. The summed E-state index contributed by atoms with van der Waals surface area (Å²) in [5, 5.41) is 19.7. The van der Waals surface area contributed by atoms with Crippen molar-refractivity contribution in [2.45, 2.75) is 37.5 Å². The van der Waals surface area contributed by atoms with Crippen molar-refractivity contribution in [2.24, 2.45) is 0 Å². The van der Waals surface area contributed by atoms with Gasteiger partial charge < -0.3 is 14.6 Å². The van der Waals surface area contributed by atoms with E-state index in [0.717, 1.165) is 19.4 Å². The van der Waals surface area contributed by atoms with Gasteiger partial charge in [-0.3, -0.25) is 9.88 Å². The second-order valence-electron chi connectivity index (χ2n) is 11.4. The molecule has 0 saturated carbocycles. The predicted molar refractivity (Wildman–Crippen MR) is 159 cm³/mol. The Morgan fingerprint density at radius 1 is 1.20 bits per heavy atom. The number of phenols is 1. The van der Waals surface area contributed by atoms with Crippen LogP contribution in [0.15, 0.2) is 36.7 Å². The molecule has 13 heteroatoms. The average molecular weight is 616 g/mol. The van der Waals surface area contributed by atoms with Gasteiger partial charge in [0.15, 0.2) is 5.82 Å². The van der Waals surface area contributed by atoms with E-state index in [4.69, 9.17) is 15.9 Å². The normalized spacial score (nSPS) is 19.8. The number of nitrogens with zero attached hydrogens (tertiary/aromatic N) is 7. The SMILES string of the molecule is C#Cc1c(F)ccc2cc(O)cc(-c3ncc4c(-c5cn(CCOC)nn5)nc(OC[C@@]56CCCN5C[C@H](F)C6)nc4c3F)c12. The number of hydrogen-bond acceptors (Lipinski definition) is 9. The third-order valence-corrected chi connectivity index (χ3v) is 8.65. The summed E-state index contributed by atoms with van der Waals surface area (Å²) < 4.78 is 58.6. The van der Waals surface area contributed by atoms with Gasteiger partial charge in [0.25, 0.3) is 0 Å². The number of phenolic OH excluding ortho intramolecular Hbond substituents is 1. The lowest BCUT2D eigenvalue weighted by molar-refractivity contribution is 0.107. The molecule has 3 aromatic heterocycles. The number of ether oxygens (including phenoxy) is 2. The Hall–Kier alpha value is -4.80. The van der Waals surface area contributed by atoms with Crippen molar-refractivity contribution < 1.29 is 27.8 Å². The molecule has 230 valence electrons. The minimum Gasteiger partial charge on any atom is -0.508 e. The molecule has 10 nitrogen and oxygen atoms in total. The van der Waals surface area contributed by atoms with Crippen LogP contribution in [0.5, 0.6) is 11.8 Å². The maximum Gasteiger partial charge on any atom is 0.317 e.